The van der Waals surface area contributed by atoms with Gasteiger partial charge in [0, 0.05) is 25.2 Å². The number of carbonyl (C=O) groups excluding carboxylic acids is 2. The van der Waals surface area contributed by atoms with Gasteiger partial charge in [0.25, 0.3) is 5.91 Å². The molecule has 0 bridgehead atoms. The standard InChI is InChI=1S/C22H25N3O3/c1-16-12-19(24-28-16)20(26)25-14-22(15-25,13-17-8-4-2-5-9-17)21(27)23-18-10-6-3-7-11-18/h2,4-6,8-10,12,18H,3,7,11,13-15H2,1H3,(H,23,27). The zero-order chi connectivity index (χ0) is 19.6. The molecular weight excluding hydrogens is 354 g/mol. The molecule has 2 aromatic rings. The molecular formula is C22H25N3O3. The summed E-state index contributed by atoms with van der Waals surface area (Å²) in [5.41, 5.74) is 0.781. The number of aromatic nitrogens is 1. The summed E-state index contributed by atoms with van der Waals surface area (Å²) in [7, 11) is 0. The highest BCUT2D eigenvalue weighted by atomic mass is 16.5. The monoisotopic (exact) mass is 379 g/mol. The van der Waals surface area contributed by atoms with Crippen molar-refractivity contribution in [2.24, 2.45) is 5.41 Å². The smallest absolute Gasteiger partial charge is 0.276 e. The lowest BCUT2D eigenvalue weighted by atomic mass is 9.73. The van der Waals surface area contributed by atoms with Gasteiger partial charge < -0.3 is 14.7 Å². The van der Waals surface area contributed by atoms with Crippen LogP contribution in [0.2, 0.25) is 0 Å². The molecule has 0 spiro atoms. The van der Waals surface area contributed by atoms with Crippen LogP contribution in [0.25, 0.3) is 0 Å². The number of aryl methyl sites for hydroxylation is 1. The van der Waals surface area contributed by atoms with Gasteiger partial charge in [-0.3, -0.25) is 9.59 Å². The van der Waals surface area contributed by atoms with Crippen LogP contribution in [0.1, 0.15) is 41.1 Å². The molecule has 146 valence electrons. The molecule has 6 heteroatoms. The third-order valence-electron chi connectivity index (χ3n) is 5.56. The maximum absolute atomic E-state index is 13.2. The Morgan fingerprint density at radius 1 is 1.29 bits per heavy atom. The molecule has 0 radical (unpaired) electrons. The van der Waals surface area contributed by atoms with Gasteiger partial charge in [-0.25, -0.2) is 0 Å². The Morgan fingerprint density at radius 3 is 2.71 bits per heavy atom. The van der Waals surface area contributed by atoms with Crippen LogP contribution < -0.4 is 5.32 Å². The summed E-state index contributed by atoms with van der Waals surface area (Å²) in [5, 5.41) is 7.00. The Balaban J connectivity index is 1.50. The fourth-order valence-electron chi connectivity index (χ4n) is 4.03. The number of carbonyl (C=O) groups is 2. The van der Waals surface area contributed by atoms with E-state index in [1.54, 1.807) is 17.9 Å². The fourth-order valence-corrected chi connectivity index (χ4v) is 4.03. The van der Waals surface area contributed by atoms with E-state index in [0.29, 0.717) is 31.0 Å². The van der Waals surface area contributed by atoms with Crippen molar-refractivity contribution in [3.05, 3.63) is 65.6 Å². The molecule has 1 N–H and O–H groups in total. The van der Waals surface area contributed by atoms with Crippen molar-refractivity contribution in [1.82, 2.24) is 15.4 Å². The highest BCUT2D eigenvalue weighted by molar-refractivity contribution is 5.95. The zero-order valence-corrected chi connectivity index (χ0v) is 16.1. The lowest BCUT2D eigenvalue weighted by Crippen LogP contribution is -2.66. The highest BCUT2D eigenvalue weighted by Gasteiger charge is 2.51. The summed E-state index contributed by atoms with van der Waals surface area (Å²) < 4.78 is 5.02. The normalized spacial score (nSPS) is 20.5. The highest BCUT2D eigenvalue weighted by Crippen LogP contribution is 2.36. The number of benzene rings is 1. The molecule has 2 aliphatic rings. The second-order valence-corrected chi connectivity index (χ2v) is 7.87. The minimum absolute atomic E-state index is 0.0216. The van der Waals surface area contributed by atoms with E-state index in [4.69, 9.17) is 4.52 Å². The van der Waals surface area contributed by atoms with E-state index in [9.17, 15) is 9.59 Å². The Bertz CT molecular complexity index is 881. The molecule has 2 amide bonds. The van der Waals surface area contributed by atoms with Gasteiger partial charge >= 0.3 is 0 Å². The molecule has 1 saturated heterocycles. The molecule has 1 aliphatic heterocycles. The van der Waals surface area contributed by atoms with E-state index in [-0.39, 0.29) is 17.9 Å². The number of rotatable bonds is 5. The Kier molecular flexibility index (Phi) is 5.03. The molecule has 1 fully saturated rings. The van der Waals surface area contributed by atoms with Gasteiger partial charge in [0.05, 0.1) is 5.41 Å². The van der Waals surface area contributed by atoms with Crippen LogP contribution in [0.4, 0.5) is 0 Å². The lowest BCUT2D eigenvalue weighted by Gasteiger charge is -2.49. The summed E-state index contributed by atoms with van der Waals surface area (Å²) in [6, 6.07) is 11.7. The minimum Gasteiger partial charge on any atom is -0.361 e. The van der Waals surface area contributed by atoms with Crippen LogP contribution in [0.5, 0.6) is 0 Å². The molecule has 1 aromatic heterocycles. The van der Waals surface area contributed by atoms with Crippen molar-refractivity contribution in [2.75, 3.05) is 13.1 Å². The number of nitrogens with zero attached hydrogens (tertiary/aromatic N) is 2. The summed E-state index contributed by atoms with van der Waals surface area (Å²) in [4.78, 5) is 27.5. The molecule has 4 rings (SSSR count). The Hall–Kier alpha value is -2.89. The first kappa shape index (κ1) is 18.5. The van der Waals surface area contributed by atoms with E-state index in [0.717, 1.165) is 24.8 Å². The minimum atomic E-state index is -0.610. The van der Waals surface area contributed by atoms with E-state index >= 15 is 0 Å². The molecule has 2 heterocycles. The van der Waals surface area contributed by atoms with Crippen molar-refractivity contribution in [3.8, 4) is 0 Å². The Morgan fingerprint density at radius 2 is 2.07 bits per heavy atom. The molecule has 0 saturated carbocycles. The third-order valence-corrected chi connectivity index (χ3v) is 5.56. The number of hydrogen-bond acceptors (Lipinski definition) is 4. The first-order chi connectivity index (χ1) is 13.6. The zero-order valence-electron chi connectivity index (χ0n) is 16.1. The quantitative estimate of drug-likeness (QED) is 0.811. The molecule has 1 aliphatic carbocycles. The number of likely N-dealkylation sites (tertiary alicyclic amines) is 1. The van der Waals surface area contributed by atoms with Crippen LogP contribution in [-0.2, 0) is 11.2 Å². The number of nitrogens with one attached hydrogen (secondary N) is 1. The van der Waals surface area contributed by atoms with E-state index in [2.05, 4.69) is 22.6 Å². The predicted octanol–water partition coefficient (Wildman–Crippen LogP) is 2.89. The van der Waals surface area contributed by atoms with Gasteiger partial charge in [0.15, 0.2) is 5.69 Å². The first-order valence-electron chi connectivity index (χ1n) is 9.80. The van der Waals surface area contributed by atoms with Crippen LogP contribution in [-0.4, -0.2) is 41.0 Å². The van der Waals surface area contributed by atoms with E-state index < -0.39 is 5.41 Å². The second-order valence-electron chi connectivity index (χ2n) is 7.87. The fraction of sp³-hybridized carbons (Fsp3) is 0.409. The number of allylic oxidation sites excluding steroid dienone is 1. The molecule has 1 unspecified atom stereocenters. The Labute approximate surface area is 164 Å². The van der Waals surface area contributed by atoms with Crippen molar-refractivity contribution < 1.29 is 14.1 Å². The van der Waals surface area contributed by atoms with Gasteiger partial charge in [-0.15, -0.1) is 0 Å². The van der Waals surface area contributed by atoms with Crippen molar-refractivity contribution in [1.29, 1.82) is 0 Å². The van der Waals surface area contributed by atoms with E-state index in [1.807, 2.05) is 30.3 Å². The SMILES string of the molecule is Cc1cc(C(=O)N2CC(Cc3ccccc3)(C(=O)NC3C=CCCC3)C2)no1. The van der Waals surface area contributed by atoms with Crippen molar-refractivity contribution in [2.45, 2.75) is 38.6 Å². The van der Waals surface area contributed by atoms with Crippen molar-refractivity contribution >= 4 is 11.8 Å². The summed E-state index contributed by atoms with van der Waals surface area (Å²) in [5.74, 6) is 0.431. The van der Waals surface area contributed by atoms with Crippen molar-refractivity contribution in [3.63, 3.8) is 0 Å². The van der Waals surface area contributed by atoms with E-state index in [1.165, 1.54) is 0 Å². The molecule has 6 nitrogen and oxygen atoms in total. The summed E-state index contributed by atoms with van der Waals surface area (Å²) >= 11 is 0. The molecule has 1 atom stereocenters. The average Bonchev–Trinajstić information content (AvgIpc) is 3.12. The third kappa shape index (κ3) is 3.72. The maximum Gasteiger partial charge on any atom is 0.276 e. The summed E-state index contributed by atoms with van der Waals surface area (Å²) in [6.07, 6.45) is 7.94. The van der Waals surface area contributed by atoms with Gasteiger partial charge in [-0.1, -0.05) is 47.6 Å². The van der Waals surface area contributed by atoms with Gasteiger partial charge in [-0.2, -0.15) is 0 Å². The molecule has 28 heavy (non-hydrogen) atoms. The predicted molar refractivity (Wildman–Crippen MR) is 105 cm³/mol. The largest absolute Gasteiger partial charge is 0.361 e. The summed E-state index contributed by atoms with van der Waals surface area (Å²) in [6.45, 7) is 2.52. The van der Waals surface area contributed by atoms with Gasteiger partial charge in [0.1, 0.15) is 5.76 Å². The second kappa shape index (κ2) is 7.62. The number of hydrogen-bond donors (Lipinski definition) is 1. The van der Waals surface area contributed by atoms with Gasteiger partial charge in [0.2, 0.25) is 5.91 Å². The van der Waals surface area contributed by atoms with Gasteiger partial charge in [-0.05, 0) is 38.2 Å². The van der Waals surface area contributed by atoms with Crippen LogP contribution >= 0.6 is 0 Å². The van der Waals surface area contributed by atoms with Crippen LogP contribution in [0.3, 0.4) is 0 Å². The van der Waals surface area contributed by atoms with Crippen LogP contribution in [0.15, 0.2) is 53.1 Å². The maximum atomic E-state index is 13.2. The topological polar surface area (TPSA) is 75.4 Å². The van der Waals surface area contributed by atoms with Crippen LogP contribution in [0, 0.1) is 12.3 Å². The average molecular weight is 379 g/mol. The first-order valence-corrected chi connectivity index (χ1v) is 9.80. The number of amides is 2. The lowest BCUT2D eigenvalue weighted by molar-refractivity contribution is -0.139. The molecule has 1 aromatic carbocycles.